The van der Waals surface area contributed by atoms with Crippen LogP contribution in [0.25, 0.3) is 6.08 Å². The van der Waals surface area contributed by atoms with E-state index >= 15 is 0 Å². The number of fused-ring (bicyclic) bond motifs is 1. The van der Waals surface area contributed by atoms with Gasteiger partial charge in [-0.1, -0.05) is 18.2 Å². The second-order valence-corrected chi connectivity index (χ2v) is 7.82. The first-order valence-corrected chi connectivity index (χ1v) is 10.8. The summed E-state index contributed by atoms with van der Waals surface area (Å²) in [6.45, 7) is 0.147. The quantitative estimate of drug-likeness (QED) is 0.414. The molecule has 182 valence electrons. The molecular formula is C26H19FN2O7. The SMILES string of the molecule is COc1cc(/C=C2\C(=O)NC(=O)N(c3ccc4c(c3)OCO4)C2=O)ccc1OCc1cccc(F)c1. The van der Waals surface area contributed by atoms with E-state index < -0.39 is 17.8 Å². The largest absolute Gasteiger partial charge is 0.493 e. The molecule has 0 spiro atoms. The van der Waals surface area contributed by atoms with Crippen LogP contribution in [0.4, 0.5) is 14.9 Å². The topological polar surface area (TPSA) is 103 Å². The summed E-state index contributed by atoms with van der Waals surface area (Å²) in [5.74, 6) is -0.390. The highest BCUT2D eigenvalue weighted by molar-refractivity contribution is 6.39. The molecule has 2 heterocycles. The number of rotatable bonds is 6. The fourth-order valence-electron chi connectivity index (χ4n) is 3.76. The number of halogens is 1. The molecule has 9 nitrogen and oxygen atoms in total. The molecule has 0 bridgehead atoms. The summed E-state index contributed by atoms with van der Waals surface area (Å²) in [6.07, 6.45) is 1.35. The van der Waals surface area contributed by atoms with Crippen molar-refractivity contribution in [1.82, 2.24) is 5.32 Å². The van der Waals surface area contributed by atoms with Crippen LogP contribution >= 0.6 is 0 Å². The lowest BCUT2D eigenvalue weighted by Gasteiger charge is -2.26. The first-order chi connectivity index (χ1) is 17.4. The highest BCUT2D eigenvalue weighted by atomic mass is 19.1. The van der Waals surface area contributed by atoms with E-state index in [-0.39, 0.29) is 30.5 Å². The van der Waals surface area contributed by atoms with Gasteiger partial charge in [0.05, 0.1) is 12.8 Å². The number of nitrogens with one attached hydrogen (secondary N) is 1. The van der Waals surface area contributed by atoms with Crippen LogP contribution in [0.3, 0.4) is 0 Å². The van der Waals surface area contributed by atoms with Crippen LogP contribution in [0.1, 0.15) is 11.1 Å². The molecule has 3 aromatic rings. The summed E-state index contributed by atoms with van der Waals surface area (Å²) < 4.78 is 35.1. The number of ether oxygens (including phenoxy) is 4. The number of carbonyl (C=O) groups is 3. The van der Waals surface area contributed by atoms with Gasteiger partial charge >= 0.3 is 6.03 Å². The number of urea groups is 1. The average Bonchev–Trinajstić information content (AvgIpc) is 3.33. The number of hydrogen-bond donors (Lipinski definition) is 1. The van der Waals surface area contributed by atoms with Crippen molar-refractivity contribution in [3.05, 3.63) is 83.2 Å². The lowest BCUT2D eigenvalue weighted by Crippen LogP contribution is -2.54. The average molecular weight is 490 g/mol. The van der Waals surface area contributed by atoms with Crippen LogP contribution < -0.4 is 29.2 Å². The van der Waals surface area contributed by atoms with Gasteiger partial charge in [-0.2, -0.15) is 0 Å². The van der Waals surface area contributed by atoms with Crippen LogP contribution in [0.2, 0.25) is 0 Å². The van der Waals surface area contributed by atoms with Crippen LogP contribution in [-0.2, 0) is 16.2 Å². The number of methoxy groups -OCH3 is 1. The molecule has 4 amide bonds. The van der Waals surface area contributed by atoms with E-state index in [9.17, 15) is 18.8 Å². The zero-order chi connectivity index (χ0) is 25.2. The van der Waals surface area contributed by atoms with Gasteiger partial charge in [0.15, 0.2) is 23.0 Å². The number of carbonyl (C=O) groups excluding carboxylic acids is 3. The summed E-state index contributed by atoms with van der Waals surface area (Å²) in [4.78, 5) is 39.0. The van der Waals surface area contributed by atoms with Crippen molar-refractivity contribution in [3.63, 3.8) is 0 Å². The molecule has 0 radical (unpaired) electrons. The van der Waals surface area contributed by atoms with Gasteiger partial charge in [-0.3, -0.25) is 14.9 Å². The molecule has 2 aliphatic rings. The Kier molecular flexibility index (Phi) is 5.99. The molecule has 1 N–H and O–H groups in total. The van der Waals surface area contributed by atoms with Crippen molar-refractivity contribution < 1.29 is 37.7 Å². The molecule has 0 aliphatic carbocycles. The Morgan fingerprint density at radius 2 is 1.83 bits per heavy atom. The zero-order valence-electron chi connectivity index (χ0n) is 18.9. The van der Waals surface area contributed by atoms with Crippen molar-refractivity contribution in [2.24, 2.45) is 0 Å². The van der Waals surface area contributed by atoms with E-state index in [0.29, 0.717) is 34.1 Å². The highest BCUT2D eigenvalue weighted by Crippen LogP contribution is 2.36. The van der Waals surface area contributed by atoms with Crippen LogP contribution in [0.5, 0.6) is 23.0 Å². The summed E-state index contributed by atoms with van der Waals surface area (Å²) in [7, 11) is 1.44. The van der Waals surface area contributed by atoms with Crippen LogP contribution in [0, 0.1) is 5.82 Å². The van der Waals surface area contributed by atoms with Crippen molar-refractivity contribution in [2.45, 2.75) is 6.61 Å². The molecule has 5 rings (SSSR count). The number of benzene rings is 3. The van der Waals surface area contributed by atoms with Gasteiger partial charge < -0.3 is 18.9 Å². The fourth-order valence-corrected chi connectivity index (χ4v) is 3.76. The van der Waals surface area contributed by atoms with Crippen molar-refractivity contribution >= 4 is 29.6 Å². The Morgan fingerprint density at radius 1 is 1.00 bits per heavy atom. The first kappa shape index (κ1) is 22.9. The molecule has 1 saturated heterocycles. The Bertz CT molecular complexity index is 1420. The predicted molar refractivity (Wildman–Crippen MR) is 125 cm³/mol. The first-order valence-electron chi connectivity index (χ1n) is 10.8. The molecule has 1 fully saturated rings. The van der Waals surface area contributed by atoms with Crippen molar-refractivity contribution in [3.8, 4) is 23.0 Å². The molecular weight excluding hydrogens is 471 g/mol. The maximum absolute atomic E-state index is 13.4. The lowest BCUT2D eigenvalue weighted by molar-refractivity contribution is -0.122. The third kappa shape index (κ3) is 4.43. The number of nitrogens with zero attached hydrogens (tertiary/aromatic N) is 1. The lowest BCUT2D eigenvalue weighted by atomic mass is 10.1. The summed E-state index contributed by atoms with van der Waals surface area (Å²) >= 11 is 0. The minimum atomic E-state index is -0.875. The van der Waals surface area contributed by atoms with Gasteiger partial charge in [0.1, 0.15) is 18.0 Å². The van der Waals surface area contributed by atoms with Gasteiger partial charge in [0, 0.05) is 6.07 Å². The summed E-state index contributed by atoms with van der Waals surface area (Å²) in [6, 6.07) is 14.5. The van der Waals surface area contributed by atoms with Gasteiger partial charge in [-0.15, -0.1) is 0 Å². The molecule has 0 aromatic heterocycles. The number of barbiturate groups is 1. The van der Waals surface area contributed by atoms with E-state index in [1.54, 1.807) is 36.4 Å². The van der Waals surface area contributed by atoms with Gasteiger partial charge in [0.2, 0.25) is 6.79 Å². The van der Waals surface area contributed by atoms with Gasteiger partial charge in [0.25, 0.3) is 11.8 Å². The van der Waals surface area contributed by atoms with Crippen LogP contribution in [-0.4, -0.2) is 31.7 Å². The molecule has 0 saturated carbocycles. The minimum Gasteiger partial charge on any atom is -0.493 e. The van der Waals surface area contributed by atoms with Crippen molar-refractivity contribution in [2.75, 3.05) is 18.8 Å². The Morgan fingerprint density at radius 3 is 2.64 bits per heavy atom. The molecule has 10 heteroatoms. The van der Waals surface area contributed by atoms with Crippen molar-refractivity contribution in [1.29, 1.82) is 0 Å². The highest BCUT2D eigenvalue weighted by Gasteiger charge is 2.37. The molecule has 3 aromatic carbocycles. The Hall–Kier alpha value is -4.86. The van der Waals surface area contributed by atoms with E-state index in [1.807, 2.05) is 0 Å². The maximum Gasteiger partial charge on any atom is 0.335 e. The molecule has 2 aliphatic heterocycles. The number of anilines is 1. The monoisotopic (exact) mass is 490 g/mol. The second kappa shape index (κ2) is 9.41. The second-order valence-electron chi connectivity index (χ2n) is 7.82. The summed E-state index contributed by atoms with van der Waals surface area (Å²) in [5.41, 5.74) is 1.08. The summed E-state index contributed by atoms with van der Waals surface area (Å²) in [5, 5.41) is 2.18. The van der Waals surface area contributed by atoms with Gasteiger partial charge in [-0.05, 0) is 53.6 Å². The van der Waals surface area contributed by atoms with E-state index in [4.69, 9.17) is 18.9 Å². The Labute approximate surface area is 204 Å². The Balaban J connectivity index is 1.40. The normalized spacial score (nSPS) is 15.8. The number of hydrogen-bond acceptors (Lipinski definition) is 7. The van der Waals surface area contributed by atoms with Gasteiger partial charge in [-0.25, -0.2) is 14.1 Å². The van der Waals surface area contributed by atoms with Crippen LogP contribution in [0.15, 0.2) is 66.2 Å². The third-order valence-corrected chi connectivity index (χ3v) is 5.50. The molecule has 0 unspecified atom stereocenters. The predicted octanol–water partition coefficient (Wildman–Crippen LogP) is 3.81. The zero-order valence-corrected chi connectivity index (χ0v) is 18.9. The maximum atomic E-state index is 13.4. The number of imide groups is 2. The van der Waals surface area contributed by atoms with E-state index in [0.717, 1.165) is 4.90 Å². The molecule has 36 heavy (non-hydrogen) atoms. The standard InChI is InChI=1S/C26H19FN2O7/c1-33-22-11-15(5-7-20(22)34-13-16-3-2-4-17(27)9-16)10-19-24(30)28-26(32)29(25(19)31)18-6-8-21-23(12-18)36-14-35-21/h2-12H,13-14H2,1H3,(H,28,30,32)/b19-10+. The minimum absolute atomic E-state index is 0.0341. The number of amides is 4. The fraction of sp³-hybridized carbons (Fsp3) is 0.115. The smallest absolute Gasteiger partial charge is 0.335 e. The van der Waals surface area contributed by atoms with E-state index in [2.05, 4.69) is 5.32 Å². The van der Waals surface area contributed by atoms with E-state index in [1.165, 1.54) is 37.5 Å². The molecule has 0 atom stereocenters. The third-order valence-electron chi connectivity index (χ3n) is 5.50.